The lowest BCUT2D eigenvalue weighted by Gasteiger charge is -2.34. The molecule has 0 bridgehead atoms. The molecule has 2 aliphatic rings. The lowest BCUT2D eigenvalue weighted by Crippen LogP contribution is -2.45. The van der Waals surface area contributed by atoms with Gasteiger partial charge in [0.05, 0.1) is 52.9 Å². The van der Waals surface area contributed by atoms with E-state index in [-0.39, 0.29) is 43.0 Å². The quantitative estimate of drug-likeness (QED) is 0.214. The second kappa shape index (κ2) is 15.1. The average molecular weight is 676 g/mol. The number of aliphatic hydroxyl groups excluding tert-OH is 2. The Morgan fingerprint density at radius 3 is 2.61 bits per heavy atom. The fourth-order valence-electron chi connectivity index (χ4n) is 6.06. The van der Waals surface area contributed by atoms with E-state index in [1.165, 1.54) is 15.6 Å². The molecular formula is C33H45N3O8S2. The summed E-state index contributed by atoms with van der Waals surface area (Å²) in [7, 11) is -4.01. The molecule has 11 nitrogen and oxygen atoms in total. The number of fused-ring (bicyclic) bond motifs is 2. The number of anilines is 1. The van der Waals surface area contributed by atoms with Crippen molar-refractivity contribution in [3.63, 3.8) is 0 Å². The number of thiazole rings is 1. The van der Waals surface area contributed by atoms with Crippen LogP contribution < -0.4 is 5.32 Å². The zero-order chi connectivity index (χ0) is 33.0. The molecule has 3 N–H and O–H groups in total. The first kappa shape index (κ1) is 34.7. The number of sulfonamides is 1. The summed E-state index contributed by atoms with van der Waals surface area (Å²) in [4.78, 5) is 18.0. The molecule has 2 aliphatic heterocycles. The van der Waals surface area contributed by atoms with Gasteiger partial charge in [0, 0.05) is 31.5 Å². The molecule has 0 saturated carbocycles. The summed E-state index contributed by atoms with van der Waals surface area (Å²) in [5.41, 5.74) is 1.61. The van der Waals surface area contributed by atoms with Gasteiger partial charge in [-0.05, 0) is 49.9 Å². The van der Waals surface area contributed by atoms with E-state index in [0.717, 1.165) is 15.4 Å². The first-order chi connectivity index (χ1) is 21.9. The number of nitrogens with zero attached hydrogens (tertiary/aromatic N) is 2. The Bertz CT molecular complexity index is 1560. The van der Waals surface area contributed by atoms with Crippen LogP contribution in [0.1, 0.15) is 46.1 Å². The van der Waals surface area contributed by atoms with Crippen LogP contribution in [0, 0.1) is 17.8 Å². The number of hydrogen-bond donors (Lipinski definition) is 3. The third-order valence-corrected chi connectivity index (χ3v) is 11.0. The Kier molecular flexibility index (Phi) is 11.4. The van der Waals surface area contributed by atoms with Crippen LogP contribution in [0.25, 0.3) is 10.2 Å². The van der Waals surface area contributed by atoms with Gasteiger partial charge in [-0.3, -0.25) is 4.79 Å². The van der Waals surface area contributed by atoms with E-state index in [2.05, 4.69) is 10.3 Å². The fraction of sp³-hybridized carbons (Fsp3) is 0.576. The molecule has 0 aliphatic carbocycles. The number of aromatic nitrogens is 1. The smallest absolute Gasteiger partial charge is 0.306 e. The fourth-order valence-corrected chi connectivity index (χ4v) is 8.83. The predicted molar refractivity (Wildman–Crippen MR) is 176 cm³/mol. The minimum Gasteiger partial charge on any atom is -0.462 e. The number of benzene rings is 2. The standard InChI is InChI=1S/C33H45N3O8S2/c1-20(2)17-36(46(40,41)24-10-11-25-29(16-24)45-33(35-25)34-21(3)4)18-26(37)23(14-22-8-6-5-7-9-22)15-30(39)44-28-12-13-42-32-31(28)27(38)19-43-32/h5-11,16,20-21,23,26-28,31-32,37-38H,12-15,17-19H2,1-4H3,(H,34,35)/t23-,26-,27?,28?,31?,32+/m1/s1. The molecule has 2 aromatic carbocycles. The zero-order valence-electron chi connectivity index (χ0n) is 26.7. The predicted octanol–water partition coefficient (Wildman–Crippen LogP) is 4.04. The number of esters is 1. The van der Waals surface area contributed by atoms with Crippen molar-refractivity contribution in [1.82, 2.24) is 9.29 Å². The highest BCUT2D eigenvalue weighted by molar-refractivity contribution is 7.89. The van der Waals surface area contributed by atoms with Crippen molar-refractivity contribution in [2.45, 2.75) is 82.5 Å². The minimum atomic E-state index is -4.01. The molecule has 3 aromatic rings. The molecule has 1 aromatic heterocycles. The van der Waals surface area contributed by atoms with Crippen LogP contribution in [0.15, 0.2) is 53.4 Å². The minimum absolute atomic E-state index is 0.0185. The summed E-state index contributed by atoms with van der Waals surface area (Å²) in [6.07, 6.45) is -2.52. The van der Waals surface area contributed by atoms with Crippen LogP contribution in [-0.4, -0.2) is 90.8 Å². The second-order valence-electron chi connectivity index (χ2n) is 12.9. The number of aliphatic hydroxyl groups is 2. The van der Waals surface area contributed by atoms with Crippen molar-refractivity contribution < 1.29 is 37.6 Å². The molecular weight excluding hydrogens is 631 g/mol. The SMILES string of the molecule is CC(C)CN(C[C@@H](O)[C@@H](CC(=O)OC1CCO[C@H]2OCC(O)C12)Cc1ccccc1)S(=O)(=O)c1ccc2nc(NC(C)C)sc2c1. The molecule has 252 valence electrons. The van der Waals surface area contributed by atoms with Gasteiger partial charge in [0.15, 0.2) is 11.4 Å². The number of nitrogens with one attached hydrogen (secondary N) is 1. The van der Waals surface area contributed by atoms with Crippen molar-refractivity contribution in [2.24, 2.45) is 17.8 Å². The third kappa shape index (κ3) is 8.43. The number of ether oxygens (including phenoxy) is 3. The molecule has 6 atom stereocenters. The van der Waals surface area contributed by atoms with Gasteiger partial charge < -0.3 is 29.7 Å². The number of carbonyl (C=O) groups excluding carboxylic acids is 1. The van der Waals surface area contributed by atoms with Crippen molar-refractivity contribution in [1.29, 1.82) is 0 Å². The Morgan fingerprint density at radius 1 is 1.13 bits per heavy atom. The maximum absolute atomic E-state index is 14.1. The lowest BCUT2D eigenvalue weighted by molar-refractivity contribution is -0.199. The van der Waals surface area contributed by atoms with Gasteiger partial charge in [-0.2, -0.15) is 4.31 Å². The van der Waals surface area contributed by atoms with Gasteiger partial charge in [-0.1, -0.05) is 55.5 Å². The summed E-state index contributed by atoms with van der Waals surface area (Å²) >= 11 is 1.39. The number of rotatable bonds is 14. The monoisotopic (exact) mass is 675 g/mol. The molecule has 0 radical (unpaired) electrons. The van der Waals surface area contributed by atoms with E-state index in [0.29, 0.717) is 25.0 Å². The largest absolute Gasteiger partial charge is 0.462 e. The highest BCUT2D eigenvalue weighted by atomic mass is 32.2. The highest BCUT2D eigenvalue weighted by Gasteiger charge is 2.47. The third-order valence-electron chi connectivity index (χ3n) is 8.27. The van der Waals surface area contributed by atoms with Crippen LogP contribution in [0.3, 0.4) is 0 Å². The van der Waals surface area contributed by atoms with E-state index in [9.17, 15) is 23.4 Å². The van der Waals surface area contributed by atoms with Gasteiger partial charge in [-0.15, -0.1) is 0 Å². The molecule has 46 heavy (non-hydrogen) atoms. The van der Waals surface area contributed by atoms with Gasteiger partial charge in [-0.25, -0.2) is 13.4 Å². The van der Waals surface area contributed by atoms with Crippen LogP contribution >= 0.6 is 11.3 Å². The summed E-state index contributed by atoms with van der Waals surface area (Å²) in [5.74, 6) is -1.65. The Morgan fingerprint density at radius 2 is 1.89 bits per heavy atom. The van der Waals surface area contributed by atoms with E-state index in [4.69, 9.17) is 14.2 Å². The Labute approximate surface area is 274 Å². The molecule has 3 heterocycles. The van der Waals surface area contributed by atoms with Gasteiger partial charge in [0.2, 0.25) is 10.0 Å². The van der Waals surface area contributed by atoms with Crippen molar-refractivity contribution in [3.05, 3.63) is 54.1 Å². The van der Waals surface area contributed by atoms with Crippen LogP contribution in [0.5, 0.6) is 0 Å². The zero-order valence-corrected chi connectivity index (χ0v) is 28.4. The Balaban J connectivity index is 1.35. The van der Waals surface area contributed by atoms with Crippen molar-refractivity contribution in [3.8, 4) is 0 Å². The summed E-state index contributed by atoms with van der Waals surface area (Å²) < 4.78 is 47.1. The normalized spacial score (nSPS) is 23.2. The van der Waals surface area contributed by atoms with Gasteiger partial charge in [0.1, 0.15) is 6.10 Å². The highest BCUT2D eigenvalue weighted by Crippen LogP contribution is 2.34. The van der Waals surface area contributed by atoms with E-state index in [1.807, 2.05) is 58.0 Å². The summed E-state index contributed by atoms with van der Waals surface area (Å²) in [6.45, 7) is 8.32. The van der Waals surface area contributed by atoms with Crippen molar-refractivity contribution >= 4 is 42.7 Å². The average Bonchev–Trinajstić information content (AvgIpc) is 3.58. The van der Waals surface area contributed by atoms with E-state index < -0.39 is 52.4 Å². The summed E-state index contributed by atoms with van der Waals surface area (Å²) in [5, 5.41) is 26.0. The molecule has 0 amide bonds. The van der Waals surface area contributed by atoms with Gasteiger partial charge >= 0.3 is 5.97 Å². The van der Waals surface area contributed by atoms with Crippen LogP contribution in [0.2, 0.25) is 0 Å². The number of carbonyl (C=O) groups is 1. The second-order valence-corrected chi connectivity index (χ2v) is 15.9. The first-order valence-electron chi connectivity index (χ1n) is 15.9. The van der Waals surface area contributed by atoms with Gasteiger partial charge in [0.25, 0.3) is 0 Å². The maximum atomic E-state index is 14.1. The Hall–Kier alpha value is -2.65. The molecule has 2 saturated heterocycles. The van der Waals surface area contributed by atoms with Crippen molar-refractivity contribution in [2.75, 3.05) is 31.6 Å². The summed E-state index contributed by atoms with van der Waals surface area (Å²) in [6, 6.07) is 14.6. The maximum Gasteiger partial charge on any atom is 0.306 e. The molecule has 0 spiro atoms. The van der Waals surface area contributed by atoms with E-state index in [1.54, 1.807) is 18.2 Å². The molecule has 13 heteroatoms. The topological polar surface area (TPSA) is 148 Å². The molecule has 5 rings (SSSR count). The van der Waals surface area contributed by atoms with Crippen LogP contribution in [0.4, 0.5) is 5.13 Å². The molecule has 2 fully saturated rings. The molecule has 3 unspecified atom stereocenters. The number of hydrogen-bond acceptors (Lipinski definition) is 11. The van der Waals surface area contributed by atoms with Crippen LogP contribution in [-0.2, 0) is 35.4 Å². The lowest BCUT2D eigenvalue weighted by atomic mass is 9.90. The van der Waals surface area contributed by atoms with E-state index >= 15 is 0 Å². The first-order valence-corrected chi connectivity index (χ1v) is 18.2.